The summed E-state index contributed by atoms with van der Waals surface area (Å²) < 4.78 is 12.5. The minimum atomic E-state index is 0.464. The van der Waals surface area contributed by atoms with Crippen molar-refractivity contribution >= 4 is 27.5 Å². The van der Waals surface area contributed by atoms with Gasteiger partial charge in [-0.05, 0) is 64.2 Å². The molecule has 1 aliphatic rings. The van der Waals surface area contributed by atoms with E-state index in [0.29, 0.717) is 12.6 Å². The Labute approximate surface area is 181 Å². The first-order valence-corrected chi connectivity index (χ1v) is 11.3. The quantitative estimate of drug-likeness (QED) is 0.482. The van der Waals surface area contributed by atoms with Crippen LogP contribution in [0, 0.1) is 0 Å². The molecule has 1 fully saturated rings. The van der Waals surface area contributed by atoms with E-state index in [-0.39, 0.29) is 0 Å². The van der Waals surface area contributed by atoms with E-state index in [1.165, 1.54) is 50.5 Å². The van der Waals surface area contributed by atoms with Crippen LogP contribution in [0.3, 0.4) is 0 Å². The molecule has 0 bridgehead atoms. The summed E-state index contributed by atoms with van der Waals surface area (Å²) >= 11 is 9.61. The Morgan fingerprint density at radius 2 is 1.68 bits per heavy atom. The zero-order valence-corrected chi connectivity index (χ0v) is 18.8. The van der Waals surface area contributed by atoms with Crippen LogP contribution >= 0.6 is 27.5 Å². The fourth-order valence-electron chi connectivity index (χ4n) is 3.67. The molecule has 2 aromatic carbocycles. The van der Waals surface area contributed by atoms with Crippen LogP contribution in [0.4, 0.5) is 0 Å². The summed E-state index contributed by atoms with van der Waals surface area (Å²) in [5.74, 6) is 1.48. The third-order valence-corrected chi connectivity index (χ3v) is 6.13. The van der Waals surface area contributed by atoms with E-state index >= 15 is 0 Å². The first-order valence-electron chi connectivity index (χ1n) is 10.1. The SMILES string of the molecule is COc1cc(CNC2CCCCCCC2)cc(Br)c1OCc1ccc(Cl)cc1. The van der Waals surface area contributed by atoms with Gasteiger partial charge in [0, 0.05) is 17.6 Å². The van der Waals surface area contributed by atoms with E-state index in [2.05, 4.69) is 33.4 Å². The van der Waals surface area contributed by atoms with Gasteiger partial charge in [0.25, 0.3) is 0 Å². The van der Waals surface area contributed by atoms with Crippen molar-refractivity contribution in [2.75, 3.05) is 7.11 Å². The summed E-state index contributed by atoms with van der Waals surface area (Å²) in [6.45, 7) is 1.31. The highest BCUT2D eigenvalue weighted by atomic mass is 79.9. The average Bonchev–Trinajstić information content (AvgIpc) is 2.67. The second-order valence-corrected chi connectivity index (χ2v) is 8.74. The van der Waals surface area contributed by atoms with Gasteiger partial charge in [0.2, 0.25) is 0 Å². The van der Waals surface area contributed by atoms with Gasteiger partial charge in [-0.2, -0.15) is 0 Å². The third-order valence-electron chi connectivity index (χ3n) is 5.29. The van der Waals surface area contributed by atoms with E-state index in [9.17, 15) is 0 Å². The number of halogens is 2. The molecule has 0 radical (unpaired) electrons. The predicted octanol–water partition coefficient (Wildman–Crippen LogP) is 6.89. The van der Waals surface area contributed by atoms with Gasteiger partial charge in [-0.1, -0.05) is 55.8 Å². The molecule has 152 valence electrons. The fourth-order valence-corrected chi connectivity index (χ4v) is 4.40. The molecule has 2 aromatic rings. The van der Waals surface area contributed by atoms with Gasteiger partial charge in [-0.25, -0.2) is 0 Å². The Hall–Kier alpha value is -1.23. The summed E-state index contributed by atoms with van der Waals surface area (Å²) in [6.07, 6.45) is 9.37. The molecular weight excluding hydrogens is 438 g/mol. The number of nitrogens with one attached hydrogen (secondary N) is 1. The summed E-state index contributed by atoms with van der Waals surface area (Å²) in [6, 6.07) is 12.5. The van der Waals surface area contributed by atoms with Crippen molar-refractivity contribution in [1.82, 2.24) is 5.32 Å². The second kappa shape index (κ2) is 11.1. The van der Waals surface area contributed by atoms with Crippen molar-refractivity contribution in [2.45, 2.75) is 64.1 Å². The molecule has 0 aromatic heterocycles. The molecule has 1 saturated carbocycles. The number of hydrogen-bond donors (Lipinski definition) is 1. The van der Waals surface area contributed by atoms with Crippen molar-refractivity contribution in [3.63, 3.8) is 0 Å². The molecule has 0 spiro atoms. The summed E-state index contributed by atoms with van der Waals surface area (Å²) in [5, 5.41) is 4.46. The van der Waals surface area contributed by atoms with Gasteiger partial charge in [-0.3, -0.25) is 0 Å². The van der Waals surface area contributed by atoms with E-state index in [1.54, 1.807) is 7.11 Å². The standard InChI is InChI=1S/C23H29BrClNO2/c1-27-22-14-18(15-26-20-7-5-3-2-4-6-8-20)13-21(24)23(22)28-16-17-9-11-19(25)12-10-17/h9-14,20,26H,2-8,15-16H2,1H3. The topological polar surface area (TPSA) is 30.5 Å². The zero-order chi connectivity index (χ0) is 19.8. The van der Waals surface area contributed by atoms with Gasteiger partial charge in [-0.15, -0.1) is 0 Å². The van der Waals surface area contributed by atoms with Gasteiger partial charge in [0.1, 0.15) is 6.61 Å². The molecule has 0 heterocycles. The monoisotopic (exact) mass is 465 g/mol. The summed E-state index contributed by atoms with van der Waals surface area (Å²) in [7, 11) is 1.68. The maximum absolute atomic E-state index is 6.03. The normalized spacial score (nSPS) is 15.7. The Bertz CT molecular complexity index is 743. The predicted molar refractivity (Wildman–Crippen MR) is 119 cm³/mol. The second-order valence-electron chi connectivity index (χ2n) is 7.45. The lowest BCUT2D eigenvalue weighted by atomic mass is 9.96. The third kappa shape index (κ3) is 6.40. The molecule has 0 amide bonds. The summed E-state index contributed by atoms with van der Waals surface area (Å²) in [4.78, 5) is 0. The van der Waals surface area contributed by atoms with E-state index in [4.69, 9.17) is 21.1 Å². The number of rotatable bonds is 7. The van der Waals surface area contributed by atoms with Gasteiger partial charge in [0.15, 0.2) is 11.5 Å². The Morgan fingerprint density at radius 1 is 1.00 bits per heavy atom. The van der Waals surface area contributed by atoms with Crippen molar-refractivity contribution in [3.05, 3.63) is 57.0 Å². The van der Waals surface area contributed by atoms with Gasteiger partial charge in [0.05, 0.1) is 11.6 Å². The van der Waals surface area contributed by atoms with Crippen LogP contribution in [0.15, 0.2) is 40.9 Å². The molecule has 1 N–H and O–H groups in total. The van der Waals surface area contributed by atoms with Crippen LogP contribution in [0.2, 0.25) is 5.02 Å². The molecular formula is C23H29BrClNO2. The zero-order valence-electron chi connectivity index (χ0n) is 16.5. The highest BCUT2D eigenvalue weighted by Crippen LogP contribution is 2.37. The van der Waals surface area contributed by atoms with Crippen LogP contribution in [-0.4, -0.2) is 13.2 Å². The van der Waals surface area contributed by atoms with Crippen molar-refractivity contribution in [2.24, 2.45) is 0 Å². The molecule has 28 heavy (non-hydrogen) atoms. The average molecular weight is 467 g/mol. The fraction of sp³-hybridized carbons (Fsp3) is 0.478. The summed E-state index contributed by atoms with van der Waals surface area (Å²) in [5.41, 5.74) is 2.26. The molecule has 3 nitrogen and oxygen atoms in total. The van der Waals surface area contributed by atoms with Crippen molar-refractivity contribution in [1.29, 1.82) is 0 Å². The van der Waals surface area contributed by atoms with Crippen LogP contribution in [-0.2, 0) is 13.2 Å². The first-order chi connectivity index (χ1) is 13.7. The largest absolute Gasteiger partial charge is 0.493 e. The van der Waals surface area contributed by atoms with Gasteiger partial charge >= 0.3 is 0 Å². The lowest BCUT2D eigenvalue weighted by molar-refractivity contribution is 0.282. The lowest BCUT2D eigenvalue weighted by Gasteiger charge is -2.21. The number of ether oxygens (including phenoxy) is 2. The minimum absolute atomic E-state index is 0.464. The number of methoxy groups -OCH3 is 1. The van der Waals surface area contributed by atoms with E-state index < -0.39 is 0 Å². The molecule has 5 heteroatoms. The molecule has 0 aliphatic heterocycles. The highest BCUT2D eigenvalue weighted by Gasteiger charge is 2.14. The minimum Gasteiger partial charge on any atom is -0.493 e. The molecule has 3 rings (SSSR count). The number of benzene rings is 2. The van der Waals surface area contributed by atoms with Crippen LogP contribution in [0.25, 0.3) is 0 Å². The maximum Gasteiger partial charge on any atom is 0.175 e. The Morgan fingerprint density at radius 3 is 2.36 bits per heavy atom. The maximum atomic E-state index is 6.03. The van der Waals surface area contributed by atoms with Crippen LogP contribution < -0.4 is 14.8 Å². The van der Waals surface area contributed by atoms with E-state index in [1.807, 2.05) is 24.3 Å². The highest BCUT2D eigenvalue weighted by molar-refractivity contribution is 9.10. The van der Waals surface area contributed by atoms with Crippen molar-refractivity contribution < 1.29 is 9.47 Å². The lowest BCUT2D eigenvalue weighted by Crippen LogP contribution is -2.29. The molecule has 0 atom stereocenters. The van der Waals surface area contributed by atoms with Crippen LogP contribution in [0.1, 0.15) is 56.1 Å². The van der Waals surface area contributed by atoms with Crippen molar-refractivity contribution in [3.8, 4) is 11.5 Å². The Balaban J connectivity index is 1.62. The molecule has 0 unspecified atom stereocenters. The number of hydrogen-bond acceptors (Lipinski definition) is 3. The first kappa shape index (κ1) is 21.5. The smallest absolute Gasteiger partial charge is 0.175 e. The molecule has 0 saturated heterocycles. The van der Waals surface area contributed by atoms with Gasteiger partial charge < -0.3 is 14.8 Å². The Kier molecular flexibility index (Phi) is 8.50. The van der Waals surface area contributed by atoms with Crippen LogP contribution in [0.5, 0.6) is 11.5 Å². The molecule has 1 aliphatic carbocycles. The van der Waals surface area contributed by atoms with E-state index in [0.717, 1.165) is 33.1 Å².